The third-order valence-electron chi connectivity index (χ3n) is 4.89. The molecule has 2 heterocycles. The molecule has 1 aliphatic heterocycles. The number of carbonyl (C=O) groups is 1. The third kappa shape index (κ3) is 2.68. The van der Waals surface area contributed by atoms with E-state index in [-0.39, 0.29) is 18.3 Å². The van der Waals surface area contributed by atoms with Gasteiger partial charge < -0.3 is 14.6 Å². The van der Waals surface area contributed by atoms with Crippen molar-refractivity contribution in [1.29, 1.82) is 0 Å². The van der Waals surface area contributed by atoms with Crippen molar-refractivity contribution in [3.8, 4) is 0 Å². The number of benzene rings is 2. The Balaban J connectivity index is 1.57. The summed E-state index contributed by atoms with van der Waals surface area (Å²) in [7, 11) is 1.90. The van der Waals surface area contributed by atoms with Gasteiger partial charge in [0.25, 0.3) is 5.91 Å². The fourth-order valence-corrected chi connectivity index (χ4v) is 3.41. The molecule has 1 aliphatic rings. The molecule has 1 saturated heterocycles. The number of aliphatic hydroxyl groups is 1. The van der Waals surface area contributed by atoms with Gasteiger partial charge in [0, 0.05) is 19.2 Å². The number of aryl methyl sites for hydroxylation is 1. The van der Waals surface area contributed by atoms with Gasteiger partial charge in [0.2, 0.25) is 0 Å². The van der Waals surface area contributed by atoms with Crippen LogP contribution in [0.2, 0.25) is 0 Å². The van der Waals surface area contributed by atoms with Crippen molar-refractivity contribution in [2.75, 3.05) is 13.1 Å². The molecule has 5 nitrogen and oxygen atoms in total. The predicted octanol–water partition coefficient (Wildman–Crippen LogP) is 2.45. The normalized spacial score (nSPS) is 20.4. The quantitative estimate of drug-likeness (QED) is 0.780. The molecular weight excluding hydrogens is 321 g/mol. The molecule has 3 aromatic rings. The Morgan fingerprint density at radius 1 is 1.24 bits per heavy atom. The van der Waals surface area contributed by atoms with E-state index >= 15 is 0 Å². The van der Waals surface area contributed by atoms with Crippen molar-refractivity contribution in [3.63, 3.8) is 0 Å². The summed E-state index contributed by atoms with van der Waals surface area (Å²) < 4.78 is 15.0. The van der Waals surface area contributed by atoms with Gasteiger partial charge in [-0.05, 0) is 42.3 Å². The largest absolute Gasteiger partial charge is 0.383 e. The number of likely N-dealkylation sites (tertiary alicyclic amines) is 1. The van der Waals surface area contributed by atoms with E-state index in [0.29, 0.717) is 24.1 Å². The summed E-state index contributed by atoms with van der Waals surface area (Å²) in [5.41, 5.74) is 1.76. The Bertz CT molecular complexity index is 951. The fourth-order valence-electron chi connectivity index (χ4n) is 3.41. The standard InChI is InChI=1S/C19H18FN3O2/c1-22-12-21-16-10-13(2-7-17(16)22)18(24)23-9-8-19(25,11-23)14-3-5-15(20)6-4-14/h2-7,10,12,25H,8-9,11H2,1H3. The molecule has 4 rings (SSSR count). The van der Waals surface area contributed by atoms with Crippen LogP contribution in [0.25, 0.3) is 11.0 Å². The average Bonchev–Trinajstić information content (AvgIpc) is 3.19. The zero-order valence-corrected chi connectivity index (χ0v) is 13.8. The maximum atomic E-state index is 13.1. The van der Waals surface area contributed by atoms with Crippen LogP contribution < -0.4 is 0 Å². The number of rotatable bonds is 2. The summed E-state index contributed by atoms with van der Waals surface area (Å²) in [6, 6.07) is 11.2. The molecule has 128 valence electrons. The minimum Gasteiger partial charge on any atom is -0.383 e. The monoisotopic (exact) mass is 339 g/mol. The number of amides is 1. The Kier molecular flexibility index (Phi) is 3.58. The number of hydrogen-bond donors (Lipinski definition) is 1. The highest BCUT2D eigenvalue weighted by molar-refractivity contribution is 5.97. The molecule has 0 bridgehead atoms. The molecule has 0 saturated carbocycles. The lowest BCUT2D eigenvalue weighted by Crippen LogP contribution is -2.34. The third-order valence-corrected chi connectivity index (χ3v) is 4.89. The lowest BCUT2D eigenvalue weighted by Gasteiger charge is -2.24. The van der Waals surface area contributed by atoms with Gasteiger partial charge in [-0.15, -0.1) is 0 Å². The first-order chi connectivity index (χ1) is 12.0. The van der Waals surface area contributed by atoms with Crippen LogP contribution in [0.15, 0.2) is 48.8 Å². The highest BCUT2D eigenvalue weighted by atomic mass is 19.1. The van der Waals surface area contributed by atoms with Crippen LogP contribution in [-0.4, -0.2) is 38.6 Å². The summed E-state index contributed by atoms with van der Waals surface area (Å²) in [5.74, 6) is -0.479. The Labute approximate surface area is 144 Å². The highest BCUT2D eigenvalue weighted by Gasteiger charge is 2.39. The van der Waals surface area contributed by atoms with Gasteiger partial charge in [0.05, 0.1) is 23.9 Å². The Morgan fingerprint density at radius 2 is 2.00 bits per heavy atom. The van der Waals surface area contributed by atoms with Crippen LogP contribution in [0.5, 0.6) is 0 Å². The number of fused-ring (bicyclic) bond motifs is 1. The number of carbonyl (C=O) groups excluding carboxylic acids is 1. The number of nitrogens with zero attached hydrogens (tertiary/aromatic N) is 3. The van der Waals surface area contributed by atoms with Gasteiger partial charge in [-0.1, -0.05) is 12.1 Å². The maximum absolute atomic E-state index is 13.1. The van der Waals surface area contributed by atoms with E-state index in [2.05, 4.69) is 4.98 Å². The molecule has 1 fully saturated rings. The lowest BCUT2D eigenvalue weighted by atomic mass is 9.93. The van der Waals surface area contributed by atoms with E-state index in [1.807, 2.05) is 17.7 Å². The molecule has 1 N–H and O–H groups in total. The second-order valence-electron chi connectivity index (χ2n) is 6.57. The van der Waals surface area contributed by atoms with E-state index < -0.39 is 5.60 Å². The van der Waals surface area contributed by atoms with Crippen molar-refractivity contribution >= 4 is 16.9 Å². The van der Waals surface area contributed by atoms with E-state index in [1.54, 1.807) is 35.5 Å². The van der Waals surface area contributed by atoms with Crippen LogP contribution in [0.1, 0.15) is 22.3 Å². The van der Waals surface area contributed by atoms with Gasteiger partial charge in [0.1, 0.15) is 11.4 Å². The number of halogens is 1. The second kappa shape index (κ2) is 5.67. The lowest BCUT2D eigenvalue weighted by molar-refractivity contribution is 0.0417. The summed E-state index contributed by atoms with van der Waals surface area (Å²) in [6.07, 6.45) is 2.14. The summed E-state index contributed by atoms with van der Waals surface area (Å²) in [6.45, 7) is 0.644. The summed E-state index contributed by atoms with van der Waals surface area (Å²) in [5, 5.41) is 10.9. The molecule has 0 radical (unpaired) electrons. The smallest absolute Gasteiger partial charge is 0.254 e. The fraction of sp³-hybridized carbons (Fsp3) is 0.263. The van der Waals surface area contributed by atoms with Crippen LogP contribution in [0.4, 0.5) is 4.39 Å². The van der Waals surface area contributed by atoms with Crippen LogP contribution >= 0.6 is 0 Å². The second-order valence-corrected chi connectivity index (χ2v) is 6.57. The number of aromatic nitrogens is 2. The van der Waals surface area contributed by atoms with Crippen molar-refractivity contribution in [2.24, 2.45) is 7.05 Å². The van der Waals surface area contributed by atoms with Crippen LogP contribution in [0, 0.1) is 5.82 Å². The maximum Gasteiger partial charge on any atom is 0.254 e. The molecule has 25 heavy (non-hydrogen) atoms. The Morgan fingerprint density at radius 3 is 2.76 bits per heavy atom. The Hall–Kier alpha value is -2.73. The molecule has 1 unspecified atom stereocenters. The SMILES string of the molecule is Cn1cnc2cc(C(=O)N3CCC(O)(c4ccc(F)cc4)C3)ccc21. The average molecular weight is 339 g/mol. The van der Waals surface area contributed by atoms with Crippen molar-refractivity contribution < 1.29 is 14.3 Å². The van der Waals surface area contributed by atoms with Crippen molar-refractivity contribution in [1.82, 2.24) is 14.5 Å². The molecule has 0 aliphatic carbocycles. The molecule has 0 spiro atoms. The zero-order chi connectivity index (χ0) is 17.6. The van der Waals surface area contributed by atoms with Crippen LogP contribution in [0.3, 0.4) is 0 Å². The molecule has 1 atom stereocenters. The zero-order valence-electron chi connectivity index (χ0n) is 13.8. The first-order valence-corrected chi connectivity index (χ1v) is 8.15. The molecule has 2 aromatic carbocycles. The first-order valence-electron chi connectivity index (χ1n) is 8.15. The van der Waals surface area contributed by atoms with Gasteiger partial charge in [0.15, 0.2) is 0 Å². The molecule has 1 aromatic heterocycles. The van der Waals surface area contributed by atoms with Gasteiger partial charge >= 0.3 is 0 Å². The van der Waals surface area contributed by atoms with Crippen molar-refractivity contribution in [3.05, 3.63) is 65.7 Å². The van der Waals surface area contributed by atoms with E-state index in [1.165, 1.54) is 12.1 Å². The van der Waals surface area contributed by atoms with Gasteiger partial charge in [-0.25, -0.2) is 9.37 Å². The number of hydrogen-bond acceptors (Lipinski definition) is 3. The number of imidazole rings is 1. The van der Waals surface area contributed by atoms with Crippen molar-refractivity contribution in [2.45, 2.75) is 12.0 Å². The summed E-state index contributed by atoms with van der Waals surface area (Å²) >= 11 is 0. The van der Waals surface area contributed by atoms with E-state index in [9.17, 15) is 14.3 Å². The highest BCUT2D eigenvalue weighted by Crippen LogP contribution is 2.33. The first kappa shape index (κ1) is 15.8. The summed E-state index contributed by atoms with van der Waals surface area (Å²) in [4.78, 5) is 18.7. The molecular formula is C19H18FN3O2. The molecule has 6 heteroatoms. The van der Waals surface area contributed by atoms with Gasteiger partial charge in [-0.3, -0.25) is 4.79 Å². The van der Waals surface area contributed by atoms with E-state index in [4.69, 9.17) is 0 Å². The minimum absolute atomic E-state index is 0.134. The topological polar surface area (TPSA) is 58.4 Å². The minimum atomic E-state index is -1.14. The predicted molar refractivity (Wildman–Crippen MR) is 91.5 cm³/mol. The molecule has 1 amide bonds. The van der Waals surface area contributed by atoms with Gasteiger partial charge in [-0.2, -0.15) is 0 Å². The van der Waals surface area contributed by atoms with E-state index in [0.717, 1.165) is 11.0 Å². The number of β-amino-alcohol motifs (C(OH)–C–C–N with tert-alkyl or cyclic N) is 1. The van der Waals surface area contributed by atoms with Crippen LogP contribution in [-0.2, 0) is 12.6 Å².